The second-order valence-corrected chi connectivity index (χ2v) is 1.45. The Morgan fingerprint density at radius 3 is 2.50 bits per heavy atom. The summed E-state index contributed by atoms with van der Waals surface area (Å²) in [4.78, 5) is 0. The number of nitrogens with zero attached hydrogens (tertiary/aromatic N) is 1. The van der Waals surface area contributed by atoms with E-state index in [2.05, 4.69) is 12.0 Å². The van der Waals surface area contributed by atoms with Crippen LogP contribution < -0.4 is 0 Å². The largest absolute Gasteiger partial charge is 0.210 e. The van der Waals surface area contributed by atoms with Crippen molar-refractivity contribution in [2.24, 2.45) is 11.0 Å². The van der Waals surface area contributed by atoms with E-state index in [4.69, 9.17) is 5.53 Å². The minimum absolute atomic E-state index is 0.294. The van der Waals surface area contributed by atoms with Crippen molar-refractivity contribution >= 4 is 0 Å². The van der Waals surface area contributed by atoms with E-state index in [-0.39, 0.29) is 0 Å². The standard InChI is InChI=1S/C4H9N2/c1-4(2)3-6-5/h4-5H,1,3H2,2H3. The Morgan fingerprint density at radius 1 is 2.00 bits per heavy atom. The number of hydrogen-bond donors (Lipinski definition) is 1. The molecule has 0 aromatic rings. The van der Waals surface area contributed by atoms with Gasteiger partial charge < -0.3 is 0 Å². The van der Waals surface area contributed by atoms with Gasteiger partial charge in [-0.15, -0.1) is 0 Å². The molecule has 0 saturated carbocycles. The summed E-state index contributed by atoms with van der Waals surface area (Å²) in [5.41, 5.74) is 6.32. The van der Waals surface area contributed by atoms with Crippen molar-refractivity contribution in [2.75, 3.05) is 6.54 Å². The third-order valence-electron chi connectivity index (χ3n) is 0.403. The first-order valence-corrected chi connectivity index (χ1v) is 1.93. The number of nitrogens with one attached hydrogen (secondary N) is 1. The number of rotatable bonds is 2. The topological polar surface area (TPSA) is 36.2 Å². The second-order valence-electron chi connectivity index (χ2n) is 1.45. The van der Waals surface area contributed by atoms with E-state index in [0.29, 0.717) is 12.5 Å². The molecule has 1 atom stereocenters. The molecule has 0 amide bonds. The molecule has 1 radical (unpaired) electrons. The first kappa shape index (κ1) is 5.60. The van der Waals surface area contributed by atoms with Crippen molar-refractivity contribution in [3.63, 3.8) is 0 Å². The van der Waals surface area contributed by atoms with Gasteiger partial charge in [-0.05, 0) is 12.8 Å². The summed E-state index contributed by atoms with van der Waals surface area (Å²) >= 11 is 0. The molecule has 0 bridgehead atoms. The molecule has 1 N–H and O–H groups in total. The molecule has 0 spiro atoms. The third-order valence-corrected chi connectivity index (χ3v) is 0.403. The minimum atomic E-state index is 0.294. The van der Waals surface area contributed by atoms with Crippen LogP contribution in [0.3, 0.4) is 0 Å². The highest BCUT2D eigenvalue weighted by atomic mass is 14.9. The van der Waals surface area contributed by atoms with Crippen molar-refractivity contribution < 1.29 is 0 Å². The highest BCUT2D eigenvalue weighted by Crippen LogP contribution is 1.87. The summed E-state index contributed by atoms with van der Waals surface area (Å²) < 4.78 is 0. The van der Waals surface area contributed by atoms with Gasteiger partial charge in [0.15, 0.2) is 0 Å². The van der Waals surface area contributed by atoms with Crippen LogP contribution in [0.25, 0.3) is 0 Å². The van der Waals surface area contributed by atoms with E-state index in [9.17, 15) is 0 Å². The Kier molecular flexibility index (Phi) is 2.63. The van der Waals surface area contributed by atoms with Crippen LogP contribution in [-0.4, -0.2) is 6.54 Å². The van der Waals surface area contributed by atoms with Gasteiger partial charge in [-0.1, -0.05) is 6.92 Å². The zero-order chi connectivity index (χ0) is 4.99. The second kappa shape index (κ2) is 2.82. The predicted octanol–water partition coefficient (Wildman–Crippen LogP) is 1.49. The molecule has 1 unspecified atom stereocenters. The molecule has 0 saturated heterocycles. The van der Waals surface area contributed by atoms with E-state index in [1.807, 2.05) is 6.92 Å². The van der Waals surface area contributed by atoms with Crippen molar-refractivity contribution in [3.05, 3.63) is 6.92 Å². The van der Waals surface area contributed by atoms with E-state index < -0.39 is 0 Å². The molecule has 0 heterocycles. The molecule has 35 valence electrons. The van der Waals surface area contributed by atoms with Crippen molar-refractivity contribution in [2.45, 2.75) is 6.92 Å². The van der Waals surface area contributed by atoms with Crippen molar-refractivity contribution in [3.8, 4) is 0 Å². The Morgan fingerprint density at radius 2 is 2.50 bits per heavy atom. The van der Waals surface area contributed by atoms with Gasteiger partial charge in [-0.2, -0.15) is 5.11 Å². The van der Waals surface area contributed by atoms with Crippen LogP contribution in [0, 0.1) is 18.4 Å². The highest BCUT2D eigenvalue weighted by Gasteiger charge is 1.85. The SMILES string of the molecule is [CH2]C(C)CN=N. The minimum Gasteiger partial charge on any atom is -0.210 e. The Hall–Kier alpha value is -0.400. The molecule has 2 nitrogen and oxygen atoms in total. The van der Waals surface area contributed by atoms with Gasteiger partial charge in [0, 0.05) is 0 Å². The van der Waals surface area contributed by atoms with E-state index in [1.165, 1.54) is 0 Å². The van der Waals surface area contributed by atoms with Gasteiger partial charge in [-0.3, -0.25) is 0 Å². The van der Waals surface area contributed by atoms with Gasteiger partial charge in [0.05, 0.1) is 6.54 Å². The maximum atomic E-state index is 6.32. The quantitative estimate of drug-likeness (QED) is 0.493. The molecule has 0 aromatic carbocycles. The van der Waals surface area contributed by atoms with E-state index >= 15 is 0 Å². The molecule has 0 aromatic heterocycles. The van der Waals surface area contributed by atoms with Gasteiger partial charge >= 0.3 is 0 Å². The van der Waals surface area contributed by atoms with Gasteiger partial charge in [-0.25, -0.2) is 5.53 Å². The van der Waals surface area contributed by atoms with Crippen LogP contribution in [0.4, 0.5) is 0 Å². The Bertz CT molecular complexity index is 40.8. The normalized spacial score (nSPS) is 9.17. The summed E-state index contributed by atoms with van der Waals surface area (Å²) in [6.45, 7) is 6.10. The van der Waals surface area contributed by atoms with Crippen molar-refractivity contribution in [1.29, 1.82) is 5.53 Å². The van der Waals surface area contributed by atoms with E-state index in [0.717, 1.165) is 0 Å². The van der Waals surface area contributed by atoms with Gasteiger partial charge in [0.2, 0.25) is 0 Å². The van der Waals surface area contributed by atoms with Crippen LogP contribution in [0.1, 0.15) is 6.92 Å². The van der Waals surface area contributed by atoms with Gasteiger partial charge in [0.1, 0.15) is 0 Å². The molecule has 0 aliphatic carbocycles. The lowest BCUT2D eigenvalue weighted by Gasteiger charge is -1.90. The highest BCUT2D eigenvalue weighted by molar-refractivity contribution is 4.52. The summed E-state index contributed by atoms with van der Waals surface area (Å²) in [5.74, 6) is 0.294. The van der Waals surface area contributed by atoms with Crippen LogP contribution in [0.15, 0.2) is 5.11 Å². The fourth-order valence-corrected chi connectivity index (χ4v) is 0.156. The van der Waals surface area contributed by atoms with Crippen LogP contribution in [-0.2, 0) is 0 Å². The Balaban J connectivity index is 2.81. The first-order valence-electron chi connectivity index (χ1n) is 1.93. The van der Waals surface area contributed by atoms with Gasteiger partial charge in [0.25, 0.3) is 0 Å². The molecule has 2 heteroatoms. The average molecular weight is 85.1 g/mol. The smallest absolute Gasteiger partial charge is 0.0621 e. The summed E-state index contributed by atoms with van der Waals surface area (Å²) in [5, 5.41) is 3.12. The summed E-state index contributed by atoms with van der Waals surface area (Å²) in [7, 11) is 0. The molecule has 0 aliphatic heterocycles. The van der Waals surface area contributed by atoms with E-state index in [1.54, 1.807) is 0 Å². The molecule has 6 heavy (non-hydrogen) atoms. The predicted molar refractivity (Wildman–Crippen MR) is 24.5 cm³/mol. The Labute approximate surface area is 38.1 Å². The summed E-state index contributed by atoms with van der Waals surface area (Å²) in [6.07, 6.45) is 0. The maximum absolute atomic E-state index is 6.32. The molecular weight excluding hydrogens is 76.1 g/mol. The van der Waals surface area contributed by atoms with Crippen LogP contribution >= 0.6 is 0 Å². The first-order chi connectivity index (χ1) is 2.77. The monoisotopic (exact) mass is 85.1 g/mol. The maximum Gasteiger partial charge on any atom is 0.0621 e. The fraction of sp³-hybridized carbons (Fsp3) is 0.750. The zero-order valence-electron chi connectivity index (χ0n) is 3.94. The zero-order valence-corrected chi connectivity index (χ0v) is 3.94. The summed E-state index contributed by atoms with van der Waals surface area (Å²) in [6, 6.07) is 0. The molecular formula is C4H9N2. The molecule has 0 rings (SSSR count). The fourth-order valence-electron chi connectivity index (χ4n) is 0.156. The lowest BCUT2D eigenvalue weighted by Crippen LogP contribution is -1.88. The third kappa shape index (κ3) is 3.60. The lowest BCUT2D eigenvalue weighted by atomic mass is 10.2. The van der Waals surface area contributed by atoms with Crippen LogP contribution in [0.5, 0.6) is 0 Å². The lowest BCUT2D eigenvalue weighted by molar-refractivity contribution is 0.697. The number of hydrogen-bond acceptors (Lipinski definition) is 2. The molecule has 0 aliphatic rings. The van der Waals surface area contributed by atoms with Crippen molar-refractivity contribution in [1.82, 2.24) is 0 Å². The molecule has 0 fully saturated rings. The van der Waals surface area contributed by atoms with Crippen LogP contribution in [0.2, 0.25) is 0 Å². The average Bonchev–Trinajstić information content (AvgIpc) is 1.35.